The van der Waals surface area contributed by atoms with E-state index in [4.69, 9.17) is 4.74 Å². The van der Waals surface area contributed by atoms with Crippen LogP contribution in [0.3, 0.4) is 0 Å². The summed E-state index contributed by atoms with van der Waals surface area (Å²) in [4.78, 5) is 0. The lowest BCUT2D eigenvalue weighted by Gasteiger charge is -2.29. The highest BCUT2D eigenvalue weighted by Gasteiger charge is 2.25. The Kier molecular flexibility index (Phi) is 3.08. The number of benzene rings is 2. The summed E-state index contributed by atoms with van der Waals surface area (Å²) in [6.07, 6.45) is 1.05. The van der Waals surface area contributed by atoms with Gasteiger partial charge in [-0.15, -0.1) is 0 Å². The highest BCUT2D eigenvalue weighted by molar-refractivity contribution is 9.10. The summed E-state index contributed by atoms with van der Waals surface area (Å²) in [7, 11) is 0. The van der Waals surface area contributed by atoms with Crippen LogP contribution >= 0.6 is 15.9 Å². The summed E-state index contributed by atoms with van der Waals surface area (Å²) in [5, 5.41) is 0. The molecule has 0 radical (unpaired) electrons. The van der Waals surface area contributed by atoms with Crippen LogP contribution in [0, 0.1) is 5.82 Å². The number of rotatable bonds is 3. The molecule has 0 fully saturated rings. The quantitative estimate of drug-likeness (QED) is 0.821. The predicted octanol–water partition coefficient (Wildman–Crippen LogP) is 4.31. The normalized spacial score (nSPS) is 16.9. The van der Waals surface area contributed by atoms with E-state index < -0.39 is 0 Å². The zero-order valence-electron chi connectivity index (χ0n) is 9.70. The molecule has 0 spiro atoms. The summed E-state index contributed by atoms with van der Waals surface area (Å²) in [5.74, 6) is 0.731. The summed E-state index contributed by atoms with van der Waals surface area (Å²) in [6, 6.07) is 13.2. The first-order valence-corrected chi connectivity index (χ1v) is 6.69. The van der Waals surface area contributed by atoms with E-state index in [0.29, 0.717) is 22.7 Å². The minimum absolute atomic E-state index is 0.290. The third-order valence-electron chi connectivity index (χ3n) is 3.30. The highest BCUT2D eigenvalue weighted by atomic mass is 79.9. The monoisotopic (exact) mass is 306 g/mol. The summed E-state index contributed by atoms with van der Waals surface area (Å²) in [6.45, 7) is 0.609. The third-order valence-corrected chi connectivity index (χ3v) is 3.95. The van der Waals surface area contributed by atoms with Gasteiger partial charge in [0.25, 0.3) is 0 Å². The average molecular weight is 307 g/mol. The molecule has 0 bridgehead atoms. The van der Waals surface area contributed by atoms with Crippen LogP contribution in [0.2, 0.25) is 0 Å². The topological polar surface area (TPSA) is 9.23 Å². The van der Waals surface area contributed by atoms with Crippen molar-refractivity contribution in [3.63, 3.8) is 0 Å². The van der Waals surface area contributed by atoms with Gasteiger partial charge in [0.15, 0.2) is 0 Å². The van der Waals surface area contributed by atoms with Gasteiger partial charge in [0.05, 0.1) is 11.1 Å². The maximum atomic E-state index is 13.3. The van der Waals surface area contributed by atoms with Crippen molar-refractivity contribution in [1.29, 1.82) is 0 Å². The molecule has 0 saturated heterocycles. The number of fused-ring (bicyclic) bond motifs is 1. The third kappa shape index (κ3) is 2.15. The van der Waals surface area contributed by atoms with E-state index in [0.717, 1.165) is 6.42 Å². The molecule has 0 N–H and O–H groups in total. The molecule has 1 atom stereocenters. The Morgan fingerprint density at radius 1 is 1.22 bits per heavy atom. The van der Waals surface area contributed by atoms with Crippen molar-refractivity contribution in [2.75, 3.05) is 6.61 Å². The molecule has 1 aliphatic rings. The van der Waals surface area contributed by atoms with Crippen LogP contribution in [0.5, 0.6) is 5.75 Å². The Balaban J connectivity index is 1.65. The molecule has 0 saturated carbocycles. The van der Waals surface area contributed by atoms with Gasteiger partial charge in [-0.2, -0.15) is 0 Å². The zero-order valence-corrected chi connectivity index (χ0v) is 11.3. The molecule has 2 aromatic rings. The fourth-order valence-corrected chi connectivity index (χ4v) is 2.52. The number of hydrogen-bond donors (Lipinski definition) is 0. The Morgan fingerprint density at radius 3 is 2.83 bits per heavy atom. The smallest absolute Gasteiger partial charge is 0.141 e. The molecular weight excluding hydrogens is 295 g/mol. The Hall–Kier alpha value is -1.35. The number of halogens is 2. The molecule has 0 amide bonds. The van der Waals surface area contributed by atoms with Crippen LogP contribution in [-0.4, -0.2) is 6.61 Å². The van der Waals surface area contributed by atoms with Crippen LogP contribution in [-0.2, 0) is 6.42 Å². The van der Waals surface area contributed by atoms with Gasteiger partial charge in [0, 0.05) is 12.0 Å². The molecule has 1 unspecified atom stereocenters. The van der Waals surface area contributed by atoms with Crippen molar-refractivity contribution in [3.8, 4) is 5.75 Å². The lowest BCUT2D eigenvalue weighted by molar-refractivity contribution is 0.274. The Bertz CT molecular complexity index is 582. The van der Waals surface area contributed by atoms with Gasteiger partial charge in [-0.05, 0) is 45.6 Å². The maximum Gasteiger partial charge on any atom is 0.141 e. The van der Waals surface area contributed by atoms with Gasteiger partial charge in [-0.25, -0.2) is 4.39 Å². The fourth-order valence-electron chi connectivity index (χ4n) is 2.27. The molecule has 92 valence electrons. The molecule has 0 aliphatic heterocycles. The van der Waals surface area contributed by atoms with Crippen molar-refractivity contribution in [2.24, 2.45) is 0 Å². The minimum atomic E-state index is -0.290. The second-order valence-corrected chi connectivity index (χ2v) is 5.34. The zero-order chi connectivity index (χ0) is 12.5. The van der Waals surface area contributed by atoms with Gasteiger partial charge in [-0.1, -0.05) is 24.3 Å². The van der Waals surface area contributed by atoms with Crippen molar-refractivity contribution in [3.05, 3.63) is 63.9 Å². The number of hydrogen-bond acceptors (Lipinski definition) is 1. The molecule has 18 heavy (non-hydrogen) atoms. The van der Waals surface area contributed by atoms with Crippen LogP contribution in [0.25, 0.3) is 0 Å². The van der Waals surface area contributed by atoms with E-state index in [-0.39, 0.29) is 5.82 Å². The summed E-state index contributed by atoms with van der Waals surface area (Å²) < 4.78 is 19.4. The van der Waals surface area contributed by atoms with E-state index in [9.17, 15) is 4.39 Å². The van der Waals surface area contributed by atoms with Crippen LogP contribution in [0.15, 0.2) is 46.9 Å². The fraction of sp³-hybridized carbons (Fsp3) is 0.200. The largest absolute Gasteiger partial charge is 0.493 e. The van der Waals surface area contributed by atoms with Gasteiger partial charge in [0.1, 0.15) is 11.6 Å². The standard InChI is InChI=1S/C15H12BrFO/c16-14-6-5-12(8-15(14)17)18-9-11-7-10-3-1-2-4-13(10)11/h1-6,8,11H,7,9H2. The molecular formula is C15H12BrFO. The summed E-state index contributed by atoms with van der Waals surface area (Å²) >= 11 is 3.13. The number of ether oxygens (including phenoxy) is 1. The van der Waals surface area contributed by atoms with Crippen molar-refractivity contribution in [2.45, 2.75) is 12.3 Å². The van der Waals surface area contributed by atoms with Crippen molar-refractivity contribution >= 4 is 15.9 Å². The molecule has 0 aromatic heterocycles. The second kappa shape index (κ2) is 4.73. The van der Waals surface area contributed by atoms with E-state index in [1.165, 1.54) is 17.2 Å². The molecule has 1 aliphatic carbocycles. The van der Waals surface area contributed by atoms with Gasteiger partial charge < -0.3 is 4.74 Å². The second-order valence-electron chi connectivity index (χ2n) is 4.49. The lowest BCUT2D eigenvalue weighted by Crippen LogP contribution is -2.23. The van der Waals surface area contributed by atoms with E-state index in [1.54, 1.807) is 12.1 Å². The van der Waals surface area contributed by atoms with E-state index >= 15 is 0 Å². The van der Waals surface area contributed by atoms with E-state index in [1.807, 2.05) is 6.07 Å². The average Bonchev–Trinajstić information content (AvgIpc) is 2.35. The van der Waals surface area contributed by atoms with E-state index in [2.05, 4.69) is 34.1 Å². The van der Waals surface area contributed by atoms with Gasteiger partial charge in [-0.3, -0.25) is 0 Å². The molecule has 3 heteroatoms. The van der Waals surface area contributed by atoms with Crippen LogP contribution < -0.4 is 4.74 Å². The first-order valence-electron chi connectivity index (χ1n) is 5.89. The summed E-state index contributed by atoms with van der Waals surface area (Å²) in [5.41, 5.74) is 2.75. The van der Waals surface area contributed by atoms with Crippen molar-refractivity contribution < 1.29 is 9.13 Å². The van der Waals surface area contributed by atoms with Crippen LogP contribution in [0.1, 0.15) is 17.0 Å². The van der Waals surface area contributed by atoms with Gasteiger partial charge in [0.2, 0.25) is 0 Å². The molecule has 0 heterocycles. The van der Waals surface area contributed by atoms with Gasteiger partial charge >= 0.3 is 0 Å². The predicted molar refractivity (Wildman–Crippen MR) is 72.5 cm³/mol. The molecule has 1 nitrogen and oxygen atoms in total. The molecule has 3 rings (SSSR count). The Labute approximate surface area is 114 Å². The SMILES string of the molecule is Fc1cc(OCC2Cc3ccccc32)ccc1Br. The lowest BCUT2D eigenvalue weighted by atomic mass is 9.78. The Morgan fingerprint density at radius 2 is 2.06 bits per heavy atom. The first kappa shape index (κ1) is 11.7. The molecule has 2 aromatic carbocycles. The minimum Gasteiger partial charge on any atom is -0.493 e. The highest BCUT2D eigenvalue weighted by Crippen LogP contribution is 2.35. The first-order chi connectivity index (χ1) is 8.74. The maximum absolute atomic E-state index is 13.3. The van der Waals surface area contributed by atoms with Crippen LogP contribution in [0.4, 0.5) is 4.39 Å². The van der Waals surface area contributed by atoms with Crippen molar-refractivity contribution in [1.82, 2.24) is 0 Å².